The van der Waals surface area contributed by atoms with Crippen molar-refractivity contribution in [1.82, 2.24) is 4.90 Å². The van der Waals surface area contributed by atoms with E-state index in [0.717, 1.165) is 4.90 Å². The van der Waals surface area contributed by atoms with Crippen LogP contribution in [-0.4, -0.2) is 35.7 Å². The summed E-state index contributed by atoms with van der Waals surface area (Å²) in [5.74, 6) is -1.80. The van der Waals surface area contributed by atoms with Crippen LogP contribution in [0.5, 0.6) is 0 Å². The zero-order chi connectivity index (χ0) is 21.3. The molecule has 0 radical (unpaired) electrons. The molecule has 150 valence electrons. The van der Waals surface area contributed by atoms with Crippen LogP contribution < -0.4 is 4.90 Å². The van der Waals surface area contributed by atoms with E-state index in [1.165, 1.54) is 23.1 Å². The Morgan fingerprint density at radius 1 is 0.900 bits per heavy atom. The Morgan fingerprint density at radius 3 is 2.17 bits per heavy atom. The smallest absolute Gasteiger partial charge is 0.261 e. The van der Waals surface area contributed by atoms with E-state index in [9.17, 15) is 18.8 Å². The largest absolute Gasteiger partial charge is 0.306 e. The number of nitrogens with zero attached hydrogens (tertiary/aromatic N) is 2. The third-order valence-electron chi connectivity index (χ3n) is 4.89. The van der Waals surface area contributed by atoms with Gasteiger partial charge < -0.3 is 4.90 Å². The Balaban J connectivity index is 1.63. The summed E-state index contributed by atoms with van der Waals surface area (Å²) < 4.78 is 13.8. The maximum atomic E-state index is 13.8. The average molecular weight is 423 g/mol. The van der Waals surface area contributed by atoms with Gasteiger partial charge in [0.25, 0.3) is 17.7 Å². The van der Waals surface area contributed by atoms with Gasteiger partial charge in [0, 0.05) is 18.8 Å². The predicted molar refractivity (Wildman–Crippen MR) is 111 cm³/mol. The summed E-state index contributed by atoms with van der Waals surface area (Å²) in [5.41, 5.74) is 1.21. The minimum atomic E-state index is -0.509. The summed E-state index contributed by atoms with van der Waals surface area (Å²) >= 11 is 6.18. The van der Waals surface area contributed by atoms with Gasteiger partial charge in [0.1, 0.15) is 5.82 Å². The number of rotatable bonds is 5. The zero-order valence-electron chi connectivity index (χ0n) is 15.7. The van der Waals surface area contributed by atoms with Crippen molar-refractivity contribution in [2.24, 2.45) is 0 Å². The molecule has 0 fully saturated rings. The van der Waals surface area contributed by atoms with Crippen LogP contribution >= 0.6 is 11.6 Å². The summed E-state index contributed by atoms with van der Waals surface area (Å²) in [6.07, 6.45) is 0. The first-order valence-corrected chi connectivity index (χ1v) is 9.62. The Hall–Kier alpha value is -3.51. The van der Waals surface area contributed by atoms with Crippen LogP contribution in [0.25, 0.3) is 0 Å². The van der Waals surface area contributed by atoms with Crippen LogP contribution in [0.1, 0.15) is 31.1 Å². The molecule has 0 aromatic heterocycles. The third kappa shape index (κ3) is 3.57. The van der Waals surface area contributed by atoms with Crippen LogP contribution in [0.2, 0.25) is 5.02 Å². The fraction of sp³-hybridized carbons (Fsp3) is 0.0870. The second kappa shape index (κ2) is 8.08. The molecule has 1 aliphatic heterocycles. The predicted octanol–water partition coefficient (Wildman–Crippen LogP) is 4.42. The molecule has 0 N–H and O–H groups in total. The van der Waals surface area contributed by atoms with Crippen LogP contribution in [-0.2, 0) is 0 Å². The Morgan fingerprint density at radius 2 is 1.53 bits per heavy atom. The fourth-order valence-corrected chi connectivity index (χ4v) is 3.63. The second-order valence-corrected chi connectivity index (χ2v) is 7.13. The van der Waals surface area contributed by atoms with Crippen LogP contribution in [0.4, 0.5) is 10.1 Å². The molecule has 30 heavy (non-hydrogen) atoms. The van der Waals surface area contributed by atoms with Crippen molar-refractivity contribution in [2.45, 2.75) is 0 Å². The van der Waals surface area contributed by atoms with E-state index in [1.807, 2.05) is 0 Å². The highest BCUT2D eigenvalue weighted by atomic mass is 35.5. The summed E-state index contributed by atoms with van der Waals surface area (Å²) in [7, 11) is 0. The number of hydrogen-bond donors (Lipinski definition) is 0. The number of imide groups is 1. The maximum absolute atomic E-state index is 13.8. The van der Waals surface area contributed by atoms with E-state index in [-0.39, 0.29) is 23.7 Å². The molecular weight excluding hydrogens is 407 g/mol. The lowest BCUT2D eigenvalue weighted by Crippen LogP contribution is -2.41. The van der Waals surface area contributed by atoms with E-state index in [4.69, 9.17) is 11.6 Å². The van der Waals surface area contributed by atoms with E-state index < -0.39 is 23.5 Å². The molecular formula is C23H16ClFN2O3. The molecule has 1 aliphatic rings. The van der Waals surface area contributed by atoms with Gasteiger partial charge in [0.2, 0.25) is 0 Å². The van der Waals surface area contributed by atoms with Gasteiger partial charge in [-0.2, -0.15) is 0 Å². The van der Waals surface area contributed by atoms with Crippen molar-refractivity contribution >= 4 is 35.0 Å². The number of benzene rings is 3. The topological polar surface area (TPSA) is 57.7 Å². The molecule has 3 aromatic carbocycles. The molecule has 0 atom stereocenters. The van der Waals surface area contributed by atoms with E-state index >= 15 is 0 Å². The summed E-state index contributed by atoms with van der Waals surface area (Å²) in [5, 5.41) is 0.254. The first-order chi connectivity index (χ1) is 14.5. The van der Waals surface area contributed by atoms with Gasteiger partial charge in [0.15, 0.2) is 0 Å². The second-order valence-electron chi connectivity index (χ2n) is 6.72. The molecule has 3 aromatic rings. The quantitative estimate of drug-likeness (QED) is 0.572. The number of anilines is 1. The molecule has 0 spiro atoms. The highest BCUT2D eigenvalue weighted by Gasteiger charge is 2.35. The lowest BCUT2D eigenvalue weighted by atomic mass is 10.1. The van der Waals surface area contributed by atoms with Crippen molar-refractivity contribution < 1.29 is 18.8 Å². The normalized spacial score (nSPS) is 12.8. The molecule has 0 saturated carbocycles. The number of amides is 3. The number of fused-ring (bicyclic) bond motifs is 1. The fourth-order valence-electron chi connectivity index (χ4n) is 3.41. The zero-order valence-corrected chi connectivity index (χ0v) is 16.5. The molecule has 0 bridgehead atoms. The highest BCUT2D eigenvalue weighted by molar-refractivity contribution is 6.34. The Labute approximate surface area is 177 Å². The van der Waals surface area contributed by atoms with Crippen molar-refractivity contribution in [3.63, 3.8) is 0 Å². The van der Waals surface area contributed by atoms with Gasteiger partial charge in [-0.3, -0.25) is 19.3 Å². The van der Waals surface area contributed by atoms with Gasteiger partial charge >= 0.3 is 0 Å². The summed E-state index contributed by atoms with van der Waals surface area (Å²) in [6.45, 7) is -0.0575. The van der Waals surface area contributed by atoms with Crippen LogP contribution in [0.15, 0.2) is 72.8 Å². The minimum absolute atomic E-state index is 0.0149. The molecule has 7 heteroatoms. The first kappa shape index (κ1) is 19.8. The van der Waals surface area contributed by atoms with Crippen LogP contribution in [0.3, 0.4) is 0 Å². The van der Waals surface area contributed by atoms with Gasteiger partial charge in [-0.25, -0.2) is 4.39 Å². The van der Waals surface area contributed by atoms with Gasteiger partial charge in [-0.15, -0.1) is 0 Å². The third-order valence-corrected chi connectivity index (χ3v) is 5.22. The average Bonchev–Trinajstić information content (AvgIpc) is 2.99. The molecule has 3 amide bonds. The molecule has 0 unspecified atom stereocenters. The standard InChI is InChI=1S/C23H16ClFN2O3/c24-20-11-4-3-10-19(20)23(30)26(16-7-5-6-15(25)14-16)12-13-27-21(28)17-8-1-2-9-18(17)22(27)29/h1-11,14H,12-13H2. The summed E-state index contributed by atoms with van der Waals surface area (Å²) in [6, 6.07) is 18.6. The Kier molecular flexibility index (Phi) is 5.33. The highest BCUT2D eigenvalue weighted by Crippen LogP contribution is 2.25. The molecule has 0 aliphatic carbocycles. The minimum Gasteiger partial charge on any atom is -0.306 e. The van der Waals surface area contributed by atoms with Gasteiger partial charge in [0.05, 0.1) is 21.7 Å². The van der Waals surface area contributed by atoms with Crippen molar-refractivity contribution in [3.05, 3.63) is 100 Å². The van der Waals surface area contributed by atoms with E-state index in [0.29, 0.717) is 16.8 Å². The number of carbonyl (C=O) groups is 3. The monoisotopic (exact) mass is 422 g/mol. The number of carbonyl (C=O) groups excluding carboxylic acids is 3. The number of halogens is 2. The maximum Gasteiger partial charge on any atom is 0.261 e. The molecule has 0 saturated heterocycles. The van der Waals surface area contributed by atoms with Crippen LogP contribution in [0, 0.1) is 5.82 Å². The van der Waals surface area contributed by atoms with Gasteiger partial charge in [-0.05, 0) is 42.5 Å². The molecule has 5 nitrogen and oxygen atoms in total. The van der Waals surface area contributed by atoms with Crippen molar-refractivity contribution in [2.75, 3.05) is 18.0 Å². The summed E-state index contributed by atoms with van der Waals surface area (Å²) in [4.78, 5) is 40.9. The van der Waals surface area contributed by atoms with Crippen molar-refractivity contribution in [3.8, 4) is 0 Å². The first-order valence-electron chi connectivity index (χ1n) is 9.24. The van der Waals surface area contributed by atoms with E-state index in [2.05, 4.69) is 0 Å². The lowest BCUT2D eigenvalue weighted by Gasteiger charge is -2.25. The molecule has 1 heterocycles. The van der Waals surface area contributed by atoms with Crippen molar-refractivity contribution in [1.29, 1.82) is 0 Å². The van der Waals surface area contributed by atoms with Gasteiger partial charge in [-0.1, -0.05) is 41.9 Å². The number of hydrogen-bond acceptors (Lipinski definition) is 3. The molecule has 4 rings (SSSR count). The SMILES string of the molecule is O=C1c2ccccc2C(=O)N1CCN(C(=O)c1ccccc1Cl)c1cccc(F)c1. The Bertz CT molecular complexity index is 1130. The lowest BCUT2D eigenvalue weighted by molar-refractivity contribution is 0.0654. The van der Waals surface area contributed by atoms with E-state index in [1.54, 1.807) is 54.6 Å².